The van der Waals surface area contributed by atoms with Crippen LogP contribution in [0.4, 0.5) is 0 Å². The molecule has 0 fully saturated rings. The number of carbonyl (C=O) groups is 1. The van der Waals surface area contributed by atoms with Crippen molar-refractivity contribution in [1.29, 1.82) is 0 Å². The third-order valence-corrected chi connectivity index (χ3v) is 3.43. The van der Waals surface area contributed by atoms with Crippen molar-refractivity contribution in [2.24, 2.45) is 5.92 Å². The van der Waals surface area contributed by atoms with Gasteiger partial charge in [-0.3, -0.25) is 4.79 Å². The Balaban J connectivity index is 2.77. The summed E-state index contributed by atoms with van der Waals surface area (Å²) in [5.74, 6) is 0.398. The van der Waals surface area contributed by atoms with E-state index in [1.54, 1.807) is 0 Å². The highest BCUT2D eigenvalue weighted by Crippen LogP contribution is 2.13. The van der Waals surface area contributed by atoms with E-state index in [1.807, 2.05) is 30.9 Å². The highest BCUT2D eigenvalue weighted by atomic mass is 35.5. The van der Waals surface area contributed by atoms with Crippen LogP contribution in [0.2, 0.25) is 0 Å². The lowest BCUT2D eigenvalue weighted by molar-refractivity contribution is -0.134. The second-order valence-corrected chi connectivity index (χ2v) is 4.64. The molecule has 0 radical (unpaired) electrons. The van der Waals surface area contributed by atoms with E-state index in [2.05, 4.69) is 19.1 Å². The van der Waals surface area contributed by atoms with E-state index in [1.165, 1.54) is 11.1 Å². The Kier molecular flexibility index (Phi) is 5.49. The lowest BCUT2D eigenvalue weighted by Gasteiger charge is -2.24. The Morgan fingerprint density at radius 3 is 2.59 bits per heavy atom. The largest absolute Gasteiger partial charge is 0.338 e. The topological polar surface area (TPSA) is 20.3 Å². The van der Waals surface area contributed by atoms with Gasteiger partial charge in [0.1, 0.15) is 0 Å². The Morgan fingerprint density at radius 1 is 1.41 bits per heavy atom. The molecule has 1 aromatic rings. The third-order valence-electron chi connectivity index (χ3n) is 2.97. The molecule has 0 spiro atoms. The van der Waals surface area contributed by atoms with Crippen LogP contribution in [-0.2, 0) is 11.3 Å². The molecule has 1 atom stereocenters. The minimum Gasteiger partial charge on any atom is -0.338 e. The molecular formula is C14H20ClNO. The summed E-state index contributed by atoms with van der Waals surface area (Å²) in [6, 6.07) is 8.15. The fourth-order valence-corrected chi connectivity index (χ4v) is 1.85. The summed E-state index contributed by atoms with van der Waals surface area (Å²) >= 11 is 5.73. The zero-order valence-electron chi connectivity index (χ0n) is 10.7. The number of hydrogen-bond donors (Lipinski definition) is 0. The van der Waals surface area contributed by atoms with Gasteiger partial charge in [-0.05, 0) is 25.0 Å². The van der Waals surface area contributed by atoms with Crippen molar-refractivity contribution < 1.29 is 4.79 Å². The molecule has 0 bridgehead atoms. The number of nitrogens with zero attached hydrogens (tertiary/aromatic N) is 1. The van der Waals surface area contributed by atoms with E-state index in [4.69, 9.17) is 11.6 Å². The van der Waals surface area contributed by atoms with E-state index < -0.39 is 0 Å². The van der Waals surface area contributed by atoms with E-state index in [0.29, 0.717) is 19.0 Å². The van der Waals surface area contributed by atoms with E-state index in [9.17, 15) is 4.79 Å². The summed E-state index contributed by atoms with van der Waals surface area (Å²) < 4.78 is 0. The molecule has 1 unspecified atom stereocenters. The molecule has 0 N–H and O–H groups in total. The van der Waals surface area contributed by atoms with E-state index in [0.717, 1.165) is 0 Å². The fraction of sp³-hybridized carbons (Fsp3) is 0.500. The summed E-state index contributed by atoms with van der Waals surface area (Å²) in [6.07, 6.45) is 0. The number of benzene rings is 1. The minimum atomic E-state index is -0.111. The molecule has 1 amide bonds. The summed E-state index contributed by atoms with van der Waals surface area (Å²) in [7, 11) is 0. The average Bonchev–Trinajstić information content (AvgIpc) is 2.36. The molecular weight excluding hydrogens is 234 g/mol. The van der Waals surface area contributed by atoms with Crippen LogP contribution in [-0.4, -0.2) is 23.2 Å². The first kappa shape index (κ1) is 14.0. The second-order valence-electron chi connectivity index (χ2n) is 4.33. The molecule has 17 heavy (non-hydrogen) atoms. The van der Waals surface area contributed by atoms with Crippen molar-refractivity contribution in [3.05, 3.63) is 35.4 Å². The maximum atomic E-state index is 12.1. The number of amides is 1. The molecule has 0 saturated carbocycles. The van der Waals surface area contributed by atoms with Gasteiger partial charge in [0, 0.05) is 24.9 Å². The molecule has 1 rings (SSSR count). The maximum absolute atomic E-state index is 12.1. The first-order valence-electron chi connectivity index (χ1n) is 5.99. The first-order valence-corrected chi connectivity index (χ1v) is 6.52. The van der Waals surface area contributed by atoms with Crippen LogP contribution in [0.5, 0.6) is 0 Å². The van der Waals surface area contributed by atoms with Gasteiger partial charge in [-0.1, -0.05) is 31.2 Å². The molecule has 94 valence electrons. The number of aryl methyl sites for hydroxylation is 1. The van der Waals surface area contributed by atoms with Crippen LogP contribution in [0.1, 0.15) is 25.0 Å². The summed E-state index contributed by atoms with van der Waals surface area (Å²) in [6.45, 7) is 7.32. The van der Waals surface area contributed by atoms with Crippen LogP contribution in [0.25, 0.3) is 0 Å². The molecule has 1 aromatic carbocycles. The SMILES string of the molecule is CCN(Cc1ccccc1C)C(=O)C(C)CCl. The summed E-state index contributed by atoms with van der Waals surface area (Å²) in [4.78, 5) is 13.9. The van der Waals surface area contributed by atoms with Crippen molar-refractivity contribution in [3.63, 3.8) is 0 Å². The second kappa shape index (κ2) is 6.65. The molecule has 0 heterocycles. The smallest absolute Gasteiger partial charge is 0.226 e. The fourth-order valence-electron chi connectivity index (χ4n) is 1.72. The Hall–Kier alpha value is -1.02. The number of carbonyl (C=O) groups excluding carboxylic acids is 1. The number of rotatable bonds is 5. The average molecular weight is 254 g/mol. The summed E-state index contributed by atoms with van der Waals surface area (Å²) in [5, 5.41) is 0. The molecule has 0 aliphatic rings. The van der Waals surface area contributed by atoms with Gasteiger partial charge < -0.3 is 4.90 Å². The zero-order chi connectivity index (χ0) is 12.8. The van der Waals surface area contributed by atoms with Gasteiger partial charge in [0.05, 0.1) is 0 Å². The Labute approximate surface area is 109 Å². The van der Waals surface area contributed by atoms with Gasteiger partial charge in [-0.2, -0.15) is 0 Å². The van der Waals surface area contributed by atoms with Crippen molar-refractivity contribution in [3.8, 4) is 0 Å². The van der Waals surface area contributed by atoms with Crippen LogP contribution < -0.4 is 0 Å². The van der Waals surface area contributed by atoms with Gasteiger partial charge in [0.15, 0.2) is 0 Å². The summed E-state index contributed by atoms with van der Waals surface area (Å²) in [5.41, 5.74) is 2.42. The number of hydrogen-bond acceptors (Lipinski definition) is 1. The Morgan fingerprint density at radius 2 is 2.06 bits per heavy atom. The van der Waals surface area contributed by atoms with Gasteiger partial charge in [0.25, 0.3) is 0 Å². The standard InChI is InChI=1S/C14H20ClNO/c1-4-16(14(17)12(3)9-15)10-13-8-6-5-7-11(13)2/h5-8,12H,4,9-10H2,1-3H3. The van der Waals surface area contributed by atoms with E-state index >= 15 is 0 Å². The quantitative estimate of drug-likeness (QED) is 0.738. The molecule has 0 aliphatic carbocycles. The van der Waals surface area contributed by atoms with E-state index in [-0.39, 0.29) is 11.8 Å². The predicted octanol–water partition coefficient (Wildman–Crippen LogP) is 3.22. The number of halogens is 1. The normalized spacial score (nSPS) is 12.2. The van der Waals surface area contributed by atoms with Crippen LogP contribution in [0.3, 0.4) is 0 Å². The van der Waals surface area contributed by atoms with Gasteiger partial charge in [-0.15, -0.1) is 11.6 Å². The van der Waals surface area contributed by atoms with Crippen molar-refractivity contribution in [2.45, 2.75) is 27.3 Å². The Bertz CT molecular complexity index is 378. The molecule has 0 saturated heterocycles. The zero-order valence-corrected chi connectivity index (χ0v) is 11.5. The van der Waals surface area contributed by atoms with Crippen molar-refractivity contribution in [2.75, 3.05) is 12.4 Å². The maximum Gasteiger partial charge on any atom is 0.226 e. The molecule has 3 heteroatoms. The molecule has 0 aromatic heterocycles. The lowest BCUT2D eigenvalue weighted by atomic mass is 10.1. The third kappa shape index (κ3) is 3.74. The lowest BCUT2D eigenvalue weighted by Crippen LogP contribution is -2.35. The first-order chi connectivity index (χ1) is 8.10. The number of alkyl halides is 1. The van der Waals surface area contributed by atoms with Crippen LogP contribution in [0.15, 0.2) is 24.3 Å². The predicted molar refractivity (Wildman–Crippen MR) is 72.2 cm³/mol. The highest BCUT2D eigenvalue weighted by Gasteiger charge is 2.18. The van der Waals surface area contributed by atoms with Gasteiger partial charge >= 0.3 is 0 Å². The van der Waals surface area contributed by atoms with Crippen LogP contribution >= 0.6 is 11.6 Å². The molecule has 0 aliphatic heterocycles. The van der Waals surface area contributed by atoms with Crippen molar-refractivity contribution >= 4 is 17.5 Å². The monoisotopic (exact) mass is 253 g/mol. The minimum absolute atomic E-state index is 0.111. The molecule has 2 nitrogen and oxygen atoms in total. The van der Waals surface area contributed by atoms with Gasteiger partial charge in [-0.25, -0.2) is 0 Å². The van der Waals surface area contributed by atoms with Gasteiger partial charge in [0.2, 0.25) is 5.91 Å². The van der Waals surface area contributed by atoms with Crippen LogP contribution in [0, 0.1) is 12.8 Å². The highest BCUT2D eigenvalue weighted by molar-refractivity contribution is 6.19. The van der Waals surface area contributed by atoms with Crippen molar-refractivity contribution in [1.82, 2.24) is 4.90 Å².